The highest BCUT2D eigenvalue weighted by Gasteiger charge is 2.17. The summed E-state index contributed by atoms with van der Waals surface area (Å²) in [6.45, 7) is 4.78. The normalized spacial score (nSPS) is 15.2. The first-order valence-electron chi connectivity index (χ1n) is 8.19. The van der Waals surface area contributed by atoms with Crippen molar-refractivity contribution in [3.8, 4) is 11.4 Å². The molecule has 4 rings (SSSR count). The van der Waals surface area contributed by atoms with E-state index >= 15 is 0 Å². The van der Waals surface area contributed by atoms with Crippen molar-refractivity contribution >= 4 is 16.7 Å². The average molecular weight is 325 g/mol. The Hall–Kier alpha value is -2.40. The quantitative estimate of drug-likeness (QED) is 0.722. The summed E-state index contributed by atoms with van der Waals surface area (Å²) >= 11 is 0. The first-order chi connectivity index (χ1) is 11.6. The molecule has 0 N–H and O–H groups in total. The number of aryl methyl sites for hydroxylation is 2. The molecular formula is C19H20FN3O. The van der Waals surface area contributed by atoms with Gasteiger partial charge in [0.2, 0.25) is 0 Å². The number of rotatable bonds is 2. The van der Waals surface area contributed by atoms with E-state index in [0.29, 0.717) is 18.9 Å². The van der Waals surface area contributed by atoms with Crippen molar-refractivity contribution in [3.05, 3.63) is 47.8 Å². The second-order valence-corrected chi connectivity index (χ2v) is 6.25. The highest BCUT2D eigenvalue weighted by atomic mass is 19.1. The minimum absolute atomic E-state index is 0.211. The van der Waals surface area contributed by atoms with E-state index in [1.165, 1.54) is 5.56 Å². The predicted molar refractivity (Wildman–Crippen MR) is 93.9 cm³/mol. The summed E-state index contributed by atoms with van der Waals surface area (Å²) < 4.78 is 22.0. The molecule has 5 heteroatoms. The van der Waals surface area contributed by atoms with Crippen molar-refractivity contribution in [2.24, 2.45) is 7.05 Å². The number of benzene rings is 2. The summed E-state index contributed by atoms with van der Waals surface area (Å²) in [5.74, 6) is 0.570. The van der Waals surface area contributed by atoms with Gasteiger partial charge in [0.05, 0.1) is 29.9 Å². The Bertz CT molecular complexity index is 897. The molecule has 0 aliphatic carbocycles. The maximum absolute atomic E-state index is 14.7. The smallest absolute Gasteiger partial charge is 0.147 e. The SMILES string of the molecule is Cc1ccc2c(c1)nc(-c1ccc(N3CCOCC3)c(F)c1)n2C. The van der Waals surface area contributed by atoms with Gasteiger partial charge in [0.25, 0.3) is 0 Å². The van der Waals surface area contributed by atoms with Crippen LogP contribution >= 0.6 is 0 Å². The van der Waals surface area contributed by atoms with Crippen molar-refractivity contribution in [2.75, 3.05) is 31.2 Å². The summed E-state index contributed by atoms with van der Waals surface area (Å²) in [5.41, 5.74) is 4.58. The van der Waals surface area contributed by atoms with Gasteiger partial charge in [0.1, 0.15) is 11.6 Å². The number of aromatic nitrogens is 2. The molecule has 0 saturated carbocycles. The minimum Gasteiger partial charge on any atom is -0.378 e. The average Bonchev–Trinajstić information content (AvgIpc) is 2.91. The molecule has 2 aromatic carbocycles. The zero-order valence-corrected chi connectivity index (χ0v) is 13.9. The Labute approximate surface area is 140 Å². The van der Waals surface area contributed by atoms with Gasteiger partial charge < -0.3 is 14.2 Å². The molecular weight excluding hydrogens is 305 g/mol. The van der Waals surface area contributed by atoms with Gasteiger partial charge in [-0.05, 0) is 42.8 Å². The number of anilines is 1. The molecule has 1 saturated heterocycles. The van der Waals surface area contributed by atoms with E-state index in [0.717, 1.165) is 35.5 Å². The van der Waals surface area contributed by atoms with Gasteiger partial charge in [0, 0.05) is 25.7 Å². The fourth-order valence-corrected chi connectivity index (χ4v) is 3.27. The number of imidazole rings is 1. The van der Waals surface area contributed by atoms with Crippen LogP contribution in [-0.2, 0) is 11.8 Å². The van der Waals surface area contributed by atoms with Crippen LogP contribution < -0.4 is 4.90 Å². The third-order valence-electron chi connectivity index (χ3n) is 4.59. The summed E-state index contributed by atoms with van der Waals surface area (Å²) in [5, 5.41) is 0. The molecule has 1 fully saturated rings. The number of ether oxygens (including phenoxy) is 1. The zero-order valence-electron chi connectivity index (χ0n) is 13.9. The molecule has 3 aromatic rings. The van der Waals surface area contributed by atoms with Crippen molar-refractivity contribution in [3.63, 3.8) is 0 Å². The number of halogens is 1. The van der Waals surface area contributed by atoms with E-state index in [1.54, 1.807) is 6.07 Å². The van der Waals surface area contributed by atoms with E-state index < -0.39 is 0 Å². The number of nitrogens with zero attached hydrogens (tertiary/aromatic N) is 3. The molecule has 1 aliphatic heterocycles. The van der Waals surface area contributed by atoms with Crippen LogP contribution in [0.15, 0.2) is 36.4 Å². The molecule has 0 atom stereocenters. The Morgan fingerprint density at radius 1 is 1.08 bits per heavy atom. The first kappa shape index (κ1) is 15.1. The molecule has 2 heterocycles. The summed E-state index contributed by atoms with van der Waals surface area (Å²) in [7, 11) is 1.97. The van der Waals surface area contributed by atoms with Gasteiger partial charge in [0.15, 0.2) is 0 Å². The lowest BCUT2D eigenvalue weighted by molar-refractivity contribution is 0.122. The van der Waals surface area contributed by atoms with Crippen LogP contribution in [0.25, 0.3) is 22.4 Å². The molecule has 1 aliphatic rings. The number of morpholine rings is 1. The Morgan fingerprint density at radius 2 is 1.88 bits per heavy atom. The van der Waals surface area contributed by atoms with Crippen LogP contribution in [0.1, 0.15) is 5.56 Å². The maximum Gasteiger partial charge on any atom is 0.147 e. The number of hydrogen-bond acceptors (Lipinski definition) is 3. The van der Waals surface area contributed by atoms with Crippen LogP contribution in [0.3, 0.4) is 0 Å². The van der Waals surface area contributed by atoms with Crippen molar-refractivity contribution in [1.82, 2.24) is 9.55 Å². The topological polar surface area (TPSA) is 30.3 Å². The van der Waals surface area contributed by atoms with Gasteiger partial charge in [-0.1, -0.05) is 6.07 Å². The third-order valence-corrected chi connectivity index (χ3v) is 4.59. The largest absolute Gasteiger partial charge is 0.378 e. The fraction of sp³-hybridized carbons (Fsp3) is 0.316. The molecule has 4 nitrogen and oxygen atoms in total. The minimum atomic E-state index is -0.211. The van der Waals surface area contributed by atoms with E-state index in [9.17, 15) is 4.39 Å². The highest BCUT2D eigenvalue weighted by molar-refractivity contribution is 5.81. The Balaban J connectivity index is 1.74. The van der Waals surface area contributed by atoms with Crippen LogP contribution in [-0.4, -0.2) is 35.9 Å². The van der Waals surface area contributed by atoms with Gasteiger partial charge >= 0.3 is 0 Å². The highest BCUT2D eigenvalue weighted by Crippen LogP contribution is 2.29. The summed E-state index contributed by atoms with van der Waals surface area (Å²) in [4.78, 5) is 6.72. The second-order valence-electron chi connectivity index (χ2n) is 6.25. The lowest BCUT2D eigenvalue weighted by Crippen LogP contribution is -2.36. The summed E-state index contributed by atoms with van der Waals surface area (Å²) in [6, 6.07) is 11.5. The lowest BCUT2D eigenvalue weighted by Gasteiger charge is -2.29. The zero-order chi connectivity index (χ0) is 16.7. The van der Waals surface area contributed by atoms with E-state index in [4.69, 9.17) is 4.74 Å². The van der Waals surface area contributed by atoms with Gasteiger partial charge in [-0.25, -0.2) is 9.37 Å². The van der Waals surface area contributed by atoms with Crippen LogP contribution in [0.5, 0.6) is 0 Å². The van der Waals surface area contributed by atoms with Crippen molar-refractivity contribution < 1.29 is 9.13 Å². The Kier molecular flexibility index (Phi) is 3.73. The standard InChI is InChI=1S/C19H20FN3O/c1-13-3-5-18-16(11-13)21-19(22(18)2)14-4-6-17(15(20)12-14)23-7-9-24-10-8-23/h3-6,11-12H,7-10H2,1-2H3. The number of fused-ring (bicyclic) bond motifs is 1. The monoisotopic (exact) mass is 325 g/mol. The number of hydrogen-bond donors (Lipinski definition) is 0. The molecule has 124 valence electrons. The molecule has 1 aromatic heterocycles. The van der Waals surface area contributed by atoms with E-state index in [2.05, 4.69) is 23.2 Å². The molecule has 0 unspecified atom stereocenters. The molecule has 24 heavy (non-hydrogen) atoms. The fourth-order valence-electron chi connectivity index (χ4n) is 3.27. The van der Waals surface area contributed by atoms with Gasteiger partial charge in [-0.2, -0.15) is 0 Å². The van der Waals surface area contributed by atoms with Crippen LogP contribution in [0, 0.1) is 12.7 Å². The van der Waals surface area contributed by atoms with Crippen molar-refractivity contribution in [1.29, 1.82) is 0 Å². The second kappa shape index (κ2) is 5.91. The van der Waals surface area contributed by atoms with Crippen molar-refractivity contribution in [2.45, 2.75) is 6.92 Å². The molecule has 0 amide bonds. The van der Waals surface area contributed by atoms with Crippen LogP contribution in [0.2, 0.25) is 0 Å². The van der Waals surface area contributed by atoms with Crippen LogP contribution in [0.4, 0.5) is 10.1 Å². The molecule has 0 spiro atoms. The molecule has 0 radical (unpaired) electrons. The Morgan fingerprint density at radius 3 is 2.62 bits per heavy atom. The maximum atomic E-state index is 14.7. The molecule has 0 bridgehead atoms. The van der Waals surface area contributed by atoms with Gasteiger partial charge in [-0.15, -0.1) is 0 Å². The predicted octanol–water partition coefficient (Wildman–Crippen LogP) is 3.52. The lowest BCUT2D eigenvalue weighted by atomic mass is 10.1. The third kappa shape index (κ3) is 2.55. The van der Waals surface area contributed by atoms with E-state index in [-0.39, 0.29) is 5.82 Å². The summed E-state index contributed by atoms with van der Waals surface area (Å²) in [6.07, 6.45) is 0. The van der Waals surface area contributed by atoms with Gasteiger partial charge in [-0.3, -0.25) is 0 Å². The first-order valence-corrected chi connectivity index (χ1v) is 8.19. The van der Waals surface area contributed by atoms with E-state index in [1.807, 2.05) is 35.6 Å².